The Morgan fingerprint density at radius 2 is 1.83 bits per heavy atom. The average molecular weight is 419 g/mol. The third-order valence-corrected chi connectivity index (χ3v) is 5.21. The lowest BCUT2D eigenvalue weighted by molar-refractivity contribution is 0.0786. The summed E-state index contributed by atoms with van der Waals surface area (Å²) in [4.78, 5) is 15.1. The maximum Gasteiger partial charge on any atom is 0.254 e. The highest BCUT2D eigenvalue weighted by atomic mass is 35.5. The lowest BCUT2D eigenvalue weighted by Crippen LogP contribution is -2.29. The van der Waals surface area contributed by atoms with Gasteiger partial charge < -0.3 is 20.1 Å². The summed E-state index contributed by atoms with van der Waals surface area (Å²) in [5, 5.41) is 0. The van der Waals surface area contributed by atoms with Crippen LogP contribution in [0.2, 0.25) is 0 Å². The van der Waals surface area contributed by atoms with Crippen molar-refractivity contribution in [3.8, 4) is 11.5 Å². The Hall–Kier alpha value is -2.24. The van der Waals surface area contributed by atoms with Crippen LogP contribution in [0.3, 0.4) is 0 Å². The zero-order chi connectivity index (χ0) is 19.9. The summed E-state index contributed by atoms with van der Waals surface area (Å²) in [5.41, 5.74) is 7.88. The van der Waals surface area contributed by atoms with Crippen LogP contribution < -0.4 is 15.2 Å². The number of halogens is 1. The van der Waals surface area contributed by atoms with Gasteiger partial charge in [-0.15, -0.1) is 12.4 Å². The van der Waals surface area contributed by atoms with Crippen LogP contribution in [0.25, 0.3) is 0 Å². The lowest BCUT2D eigenvalue weighted by atomic mass is 9.89. The molecule has 1 aliphatic rings. The lowest BCUT2D eigenvalue weighted by Gasteiger charge is -2.18. The minimum atomic E-state index is 0. The van der Waals surface area contributed by atoms with Gasteiger partial charge in [-0.3, -0.25) is 4.79 Å². The Kier molecular flexibility index (Phi) is 8.80. The summed E-state index contributed by atoms with van der Waals surface area (Å²) in [5.74, 6) is 1.86. The second kappa shape index (κ2) is 11.1. The maximum atomic E-state index is 13.2. The van der Waals surface area contributed by atoms with Crippen LogP contribution in [0.1, 0.15) is 42.1 Å². The number of benzene rings is 2. The molecule has 2 aromatic carbocycles. The van der Waals surface area contributed by atoms with E-state index < -0.39 is 0 Å². The predicted octanol–water partition coefficient (Wildman–Crippen LogP) is 4.11. The maximum absolute atomic E-state index is 13.2. The zero-order valence-corrected chi connectivity index (χ0v) is 18.0. The van der Waals surface area contributed by atoms with E-state index in [9.17, 15) is 4.79 Å². The molecule has 29 heavy (non-hydrogen) atoms. The molecule has 2 N–H and O–H groups in total. The van der Waals surface area contributed by atoms with Gasteiger partial charge in [0.2, 0.25) is 0 Å². The van der Waals surface area contributed by atoms with E-state index in [-0.39, 0.29) is 30.2 Å². The monoisotopic (exact) mass is 418 g/mol. The number of hydrogen-bond acceptors (Lipinski definition) is 4. The standard InChI is InChI=1S/C23H30N2O3.ClH/c1-3-12-28-21-11-10-18(13-22(21)27-4-2)23(26)25-15-19(14-24)20(16-25)17-8-6-5-7-9-17;/h5-11,13,19-20H,3-4,12,14-16,24H2,1-2H3;1H/t19-,20+;/m1./s1. The molecule has 6 heteroatoms. The Bertz CT molecular complexity index is 785. The number of nitrogens with zero attached hydrogens (tertiary/aromatic N) is 1. The summed E-state index contributed by atoms with van der Waals surface area (Å²) in [6.45, 7) is 7.05. The molecule has 0 bridgehead atoms. The van der Waals surface area contributed by atoms with E-state index in [2.05, 4.69) is 19.1 Å². The zero-order valence-electron chi connectivity index (χ0n) is 17.2. The normalized spacial score (nSPS) is 18.2. The van der Waals surface area contributed by atoms with E-state index in [4.69, 9.17) is 15.2 Å². The Morgan fingerprint density at radius 3 is 2.48 bits per heavy atom. The van der Waals surface area contributed by atoms with Crippen LogP contribution in [0.4, 0.5) is 0 Å². The molecule has 0 radical (unpaired) electrons. The van der Waals surface area contributed by atoms with Gasteiger partial charge in [-0.05, 0) is 49.6 Å². The predicted molar refractivity (Wildman–Crippen MR) is 118 cm³/mol. The van der Waals surface area contributed by atoms with Gasteiger partial charge >= 0.3 is 0 Å². The van der Waals surface area contributed by atoms with Gasteiger partial charge in [-0.25, -0.2) is 0 Å². The summed E-state index contributed by atoms with van der Waals surface area (Å²) in [7, 11) is 0. The second-order valence-corrected chi connectivity index (χ2v) is 7.17. The van der Waals surface area contributed by atoms with Crippen molar-refractivity contribution in [3.63, 3.8) is 0 Å². The van der Waals surface area contributed by atoms with Crippen LogP contribution in [0.5, 0.6) is 11.5 Å². The van der Waals surface area contributed by atoms with Crippen LogP contribution in [-0.2, 0) is 0 Å². The Balaban J connectivity index is 0.00000300. The fraction of sp³-hybridized carbons (Fsp3) is 0.435. The Labute approximate surface area is 179 Å². The van der Waals surface area contributed by atoms with E-state index in [1.807, 2.05) is 42.2 Å². The van der Waals surface area contributed by atoms with Gasteiger partial charge in [0.1, 0.15) is 0 Å². The first kappa shape index (κ1) is 23.0. The topological polar surface area (TPSA) is 64.8 Å². The van der Waals surface area contributed by atoms with Crippen LogP contribution in [0, 0.1) is 5.92 Å². The first-order chi connectivity index (χ1) is 13.7. The number of carbonyl (C=O) groups excluding carboxylic acids is 1. The molecule has 2 atom stereocenters. The van der Waals surface area contributed by atoms with Crippen molar-refractivity contribution >= 4 is 18.3 Å². The minimum absolute atomic E-state index is 0. The van der Waals surface area contributed by atoms with E-state index in [1.165, 1.54) is 5.56 Å². The van der Waals surface area contributed by atoms with Gasteiger partial charge in [0.05, 0.1) is 13.2 Å². The highest BCUT2D eigenvalue weighted by molar-refractivity contribution is 5.95. The van der Waals surface area contributed by atoms with Crippen molar-refractivity contribution < 1.29 is 14.3 Å². The van der Waals surface area contributed by atoms with Gasteiger partial charge in [0, 0.05) is 24.6 Å². The largest absolute Gasteiger partial charge is 0.490 e. The number of rotatable bonds is 8. The van der Waals surface area contributed by atoms with Crippen molar-refractivity contribution in [1.29, 1.82) is 0 Å². The van der Waals surface area contributed by atoms with E-state index >= 15 is 0 Å². The van der Waals surface area contributed by atoms with Crippen molar-refractivity contribution in [1.82, 2.24) is 4.90 Å². The molecule has 3 rings (SSSR count). The fourth-order valence-electron chi connectivity index (χ4n) is 3.78. The number of amides is 1. The molecule has 0 unspecified atom stereocenters. The molecule has 1 fully saturated rings. The molecular weight excluding hydrogens is 388 g/mol. The summed E-state index contributed by atoms with van der Waals surface area (Å²) in [6.07, 6.45) is 0.918. The summed E-state index contributed by atoms with van der Waals surface area (Å²) in [6, 6.07) is 15.8. The Morgan fingerprint density at radius 1 is 1.07 bits per heavy atom. The minimum Gasteiger partial charge on any atom is -0.490 e. The molecule has 0 aromatic heterocycles. The number of carbonyl (C=O) groups is 1. The van der Waals surface area contributed by atoms with Gasteiger partial charge in [-0.1, -0.05) is 37.3 Å². The van der Waals surface area contributed by atoms with Crippen molar-refractivity contribution in [2.75, 3.05) is 32.8 Å². The van der Waals surface area contributed by atoms with Gasteiger partial charge in [0.15, 0.2) is 11.5 Å². The average Bonchev–Trinajstić information content (AvgIpc) is 3.17. The molecule has 158 valence electrons. The fourth-order valence-corrected chi connectivity index (χ4v) is 3.78. The first-order valence-corrected chi connectivity index (χ1v) is 10.1. The van der Waals surface area contributed by atoms with Crippen molar-refractivity contribution in [2.45, 2.75) is 26.2 Å². The molecule has 1 heterocycles. The highest BCUT2D eigenvalue weighted by Gasteiger charge is 2.35. The van der Waals surface area contributed by atoms with E-state index in [0.29, 0.717) is 49.9 Å². The van der Waals surface area contributed by atoms with Crippen LogP contribution >= 0.6 is 12.4 Å². The smallest absolute Gasteiger partial charge is 0.254 e. The molecule has 1 amide bonds. The number of hydrogen-bond donors (Lipinski definition) is 1. The van der Waals surface area contributed by atoms with Gasteiger partial charge in [0.25, 0.3) is 5.91 Å². The SMILES string of the molecule is CCCOc1ccc(C(=O)N2C[C@@H](CN)[C@H](c3ccccc3)C2)cc1OCC.Cl. The molecule has 1 aliphatic heterocycles. The molecule has 2 aromatic rings. The summed E-state index contributed by atoms with van der Waals surface area (Å²) < 4.78 is 11.4. The van der Waals surface area contributed by atoms with Crippen LogP contribution in [-0.4, -0.2) is 43.7 Å². The van der Waals surface area contributed by atoms with E-state index in [0.717, 1.165) is 6.42 Å². The van der Waals surface area contributed by atoms with Crippen LogP contribution in [0.15, 0.2) is 48.5 Å². The second-order valence-electron chi connectivity index (χ2n) is 7.17. The van der Waals surface area contributed by atoms with Crippen molar-refractivity contribution in [2.24, 2.45) is 11.7 Å². The molecule has 5 nitrogen and oxygen atoms in total. The molecule has 1 saturated heterocycles. The molecule has 0 spiro atoms. The summed E-state index contributed by atoms with van der Waals surface area (Å²) >= 11 is 0. The number of nitrogens with two attached hydrogens (primary N) is 1. The number of likely N-dealkylation sites (tertiary alicyclic amines) is 1. The van der Waals surface area contributed by atoms with E-state index in [1.54, 1.807) is 6.07 Å². The van der Waals surface area contributed by atoms with Crippen molar-refractivity contribution in [3.05, 3.63) is 59.7 Å². The quantitative estimate of drug-likeness (QED) is 0.700. The highest BCUT2D eigenvalue weighted by Crippen LogP contribution is 2.34. The first-order valence-electron chi connectivity index (χ1n) is 10.1. The number of ether oxygens (including phenoxy) is 2. The third kappa shape index (κ3) is 5.43. The molecular formula is C23H31ClN2O3. The molecule has 0 aliphatic carbocycles. The van der Waals surface area contributed by atoms with Gasteiger partial charge in [-0.2, -0.15) is 0 Å². The molecule has 0 saturated carbocycles. The third-order valence-electron chi connectivity index (χ3n) is 5.21.